The van der Waals surface area contributed by atoms with Gasteiger partial charge in [0.05, 0.1) is 0 Å². The largest absolute Gasteiger partial charge is 0.439 e. The van der Waals surface area contributed by atoms with E-state index in [0.717, 1.165) is 30.0 Å². The Morgan fingerprint density at radius 2 is 1.90 bits per heavy atom. The van der Waals surface area contributed by atoms with Crippen molar-refractivity contribution in [2.75, 3.05) is 13.6 Å². The first-order valence-electron chi connectivity index (χ1n) is 10.1. The molecule has 3 N–H and O–H groups in total. The van der Waals surface area contributed by atoms with Crippen LogP contribution in [0.3, 0.4) is 0 Å². The maximum Gasteiger partial charge on any atom is 0.219 e. The van der Waals surface area contributed by atoms with Crippen LogP contribution < -0.4 is 15.4 Å². The number of aromatic nitrogens is 2. The van der Waals surface area contributed by atoms with E-state index in [2.05, 4.69) is 50.0 Å². The summed E-state index contributed by atoms with van der Waals surface area (Å²) in [5, 5.41) is 7.88. The third-order valence-corrected chi connectivity index (χ3v) is 4.88. The van der Waals surface area contributed by atoms with Crippen LogP contribution in [-0.4, -0.2) is 29.5 Å². The second kappa shape index (κ2) is 9.75. The first-order valence-corrected chi connectivity index (χ1v) is 10.1. The standard InChI is InChI=1S/C24H24FN5O/c1-26-24(27-13-12-18-16-28-22-5-3-2-4-21(18)22)30-15-17-6-11-23(29-14-17)31-20-9-7-19(25)8-10-20/h2-11,14,16,28H,12-13,15H2,1H3,(H2,26,27,30). The van der Waals surface area contributed by atoms with Gasteiger partial charge < -0.3 is 20.4 Å². The van der Waals surface area contributed by atoms with Gasteiger partial charge in [-0.25, -0.2) is 9.37 Å². The molecule has 0 saturated carbocycles. The summed E-state index contributed by atoms with van der Waals surface area (Å²) in [5.41, 5.74) is 3.42. The van der Waals surface area contributed by atoms with Crippen LogP contribution in [0, 0.1) is 5.82 Å². The Morgan fingerprint density at radius 1 is 1.06 bits per heavy atom. The minimum atomic E-state index is -0.301. The van der Waals surface area contributed by atoms with Gasteiger partial charge in [0, 0.05) is 49.5 Å². The maximum atomic E-state index is 13.0. The van der Waals surface area contributed by atoms with Gasteiger partial charge in [0.25, 0.3) is 0 Å². The van der Waals surface area contributed by atoms with Crippen molar-refractivity contribution in [3.8, 4) is 11.6 Å². The molecule has 0 unspecified atom stereocenters. The van der Waals surface area contributed by atoms with Gasteiger partial charge in [0.1, 0.15) is 11.6 Å². The summed E-state index contributed by atoms with van der Waals surface area (Å²) in [7, 11) is 1.75. The molecule has 0 aliphatic heterocycles. The minimum Gasteiger partial charge on any atom is -0.439 e. The Hall–Kier alpha value is -3.87. The van der Waals surface area contributed by atoms with Gasteiger partial charge in [-0.1, -0.05) is 24.3 Å². The third kappa shape index (κ3) is 5.39. The number of pyridine rings is 1. The number of aliphatic imine (C=N–C) groups is 1. The SMILES string of the molecule is CN=C(NCCc1c[nH]c2ccccc12)NCc1ccc(Oc2ccc(F)cc2)nc1. The van der Waals surface area contributed by atoms with Gasteiger partial charge in [-0.15, -0.1) is 0 Å². The Balaban J connectivity index is 1.25. The number of nitrogens with one attached hydrogen (secondary N) is 3. The highest BCUT2D eigenvalue weighted by molar-refractivity contribution is 5.83. The number of hydrogen-bond acceptors (Lipinski definition) is 3. The van der Waals surface area contributed by atoms with E-state index in [9.17, 15) is 4.39 Å². The number of benzene rings is 2. The summed E-state index contributed by atoms with van der Waals surface area (Å²) in [6.45, 7) is 1.35. The number of hydrogen-bond donors (Lipinski definition) is 3. The summed E-state index contributed by atoms with van der Waals surface area (Å²) in [6.07, 6.45) is 4.69. The lowest BCUT2D eigenvalue weighted by atomic mass is 10.1. The van der Waals surface area contributed by atoms with Crippen LogP contribution in [0.1, 0.15) is 11.1 Å². The predicted molar refractivity (Wildman–Crippen MR) is 121 cm³/mol. The molecule has 0 saturated heterocycles. The minimum absolute atomic E-state index is 0.301. The highest BCUT2D eigenvalue weighted by atomic mass is 19.1. The second-order valence-corrected chi connectivity index (χ2v) is 7.02. The van der Waals surface area contributed by atoms with E-state index in [1.54, 1.807) is 31.4 Å². The van der Waals surface area contributed by atoms with E-state index in [1.807, 2.05) is 12.1 Å². The highest BCUT2D eigenvalue weighted by Crippen LogP contribution is 2.20. The third-order valence-electron chi connectivity index (χ3n) is 4.88. The van der Waals surface area contributed by atoms with Crippen molar-refractivity contribution in [3.05, 3.63) is 90.0 Å². The zero-order valence-electron chi connectivity index (χ0n) is 17.2. The van der Waals surface area contributed by atoms with Gasteiger partial charge in [-0.2, -0.15) is 0 Å². The number of H-pyrrole nitrogens is 1. The molecule has 6 nitrogen and oxygen atoms in total. The van der Waals surface area contributed by atoms with Crippen molar-refractivity contribution in [1.82, 2.24) is 20.6 Å². The molecule has 158 valence electrons. The van der Waals surface area contributed by atoms with Gasteiger partial charge in [-0.3, -0.25) is 4.99 Å². The molecule has 0 bridgehead atoms. The average molecular weight is 417 g/mol. The molecule has 0 radical (unpaired) electrons. The van der Waals surface area contributed by atoms with E-state index in [4.69, 9.17) is 4.74 Å². The molecule has 2 aromatic carbocycles. The first kappa shape index (κ1) is 20.4. The predicted octanol–water partition coefficient (Wildman–Crippen LogP) is 4.40. The van der Waals surface area contributed by atoms with Crippen LogP contribution in [0.2, 0.25) is 0 Å². The number of para-hydroxylation sites is 1. The summed E-state index contributed by atoms with van der Waals surface area (Å²) >= 11 is 0. The number of rotatable bonds is 7. The molecule has 4 rings (SSSR count). The Kier molecular flexibility index (Phi) is 6.42. The molecule has 2 heterocycles. The molecule has 0 aliphatic rings. The smallest absolute Gasteiger partial charge is 0.219 e. The number of guanidine groups is 1. The zero-order valence-corrected chi connectivity index (χ0v) is 17.2. The van der Waals surface area contributed by atoms with Crippen molar-refractivity contribution < 1.29 is 9.13 Å². The lowest BCUT2D eigenvalue weighted by molar-refractivity contribution is 0.461. The summed E-state index contributed by atoms with van der Waals surface area (Å²) < 4.78 is 18.6. The number of fused-ring (bicyclic) bond motifs is 1. The van der Waals surface area contributed by atoms with E-state index >= 15 is 0 Å². The summed E-state index contributed by atoms with van der Waals surface area (Å²) in [5.74, 6) is 1.42. The maximum absolute atomic E-state index is 13.0. The van der Waals surface area contributed by atoms with Crippen LogP contribution in [0.4, 0.5) is 4.39 Å². The Morgan fingerprint density at radius 3 is 2.68 bits per heavy atom. The monoisotopic (exact) mass is 417 g/mol. The molecule has 7 heteroatoms. The fraction of sp³-hybridized carbons (Fsp3) is 0.167. The Bertz CT molecular complexity index is 1150. The quantitative estimate of drug-likeness (QED) is 0.308. The van der Waals surface area contributed by atoms with Gasteiger partial charge in [0.2, 0.25) is 5.88 Å². The highest BCUT2D eigenvalue weighted by Gasteiger charge is 2.05. The van der Waals surface area contributed by atoms with E-state index in [-0.39, 0.29) is 5.82 Å². The molecular weight excluding hydrogens is 393 g/mol. The second-order valence-electron chi connectivity index (χ2n) is 7.02. The zero-order chi connectivity index (χ0) is 21.5. The number of aromatic amines is 1. The first-order chi connectivity index (χ1) is 15.2. The average Bonchev–Trinajstić information content (AvgIpc) is 3.22. The van der Waals surface area contributed by atoms with Gasteiger partial charge >= 0.3 is 0 Å². The molecule has 0 amide bonds. The van der Waals surface area contributed by atoms with Gasteiger partial charge in [0.15, 0.2) is 5.96 Å². The molecule has 0 fully saturated rings. The van der Waals surface area contributed by atoms with Crippen LogP contribution in [0.5, 0.6) is 11.6 Å². The summed E-state index contributed by atoms with van der Waals surface area (Å²) in [6, 6.07) is 17.8. The topological polar surface area (TPSA) is 74.3 Å². The molecule has 4 aromatic rings. The normalized spacial score (nSPS) is 11.5. The van der Waals surface area contributed by atoms with Crippen molar-refractivity contribution in [2.24, 2.45) is 4.99 Å². The van der Waals surface area contributed by atoms with Crippen LogP contribution in [0.25, 0.3) is 10.9 Å². The molecule has 0 atom stereocenters. The van der Waals surface area contributed by atoms with E-state index in [1.165, 1.54) is 23.1 Å². The number of halogens is 1. The molecule has 31 heavy (non-hydrogen) atoms. The van der Waals surface area contributed by atoms with Crippen LogP contribution in [0.15, 0.2) is 78.0 Å². The summed E-state index contributed by atoms with van der Waals surface area (Å²) in [4.78, 5) is 11.9. The van der Waals surface area contributed by atoms with E-state index in [0.29, 0.717) is 18.2 Å². The number of ether oxygens (including phenoxy) is 1. The van der Waals surface area contributed by atoms with E-state index < -0.39 is 0 Å². The van der Waals surface area contributed by atoms with Crippen LogP contribution >= 0.6 is 0 Å². The van der Waals surface area contributed by atoms with Crippen molar-refractivity contribution in [1.29, 1.82) is 0 Å². The van der Waals surface area contributed by atoms with Crippen molar-refractivity contribution in [3.63, 3.8) is 0 Å². The molecule has 0 spiro atoms. The lowest BCUT2D eigenvalue weighted by Crippen LogP contribution is -2.37. The van der Waals surface area contributed by atoms with Crippen molar-refractivity contribution in [2.45, 2.75) is 13.0 Å². The van der Waals surface area contributed by atoms with Gasteiger partial charge in [-0.05, 0) is 47.9 Å². The number of nitrogens with zero attached hydrogens (tertiary/aromatic N) is 2. The molecular formula is C24H24FN5O. The fourth-order valence-electron chi connectivity index (χ4n) is 3.26. The Labute approximate surface area is 180 Å². The van der Waals surface area contributed by atoms with Crippen molar-refractivity contribution >= 4 is 16.9 Å². The van der Waals surface area contributed by atoms with Crippen LogP contribution in [-0.2, 0) is 13.0 Å². The molecule has 2 aromatic heterocycles. The molecule has 0 aliphatic carbocycles. The fourth-order valence-corrected chi connectivity index (χ4v) is 3.26. The lowest BCUT2D eigenvalue weighted by Gasteiger charge is -2.12.